The molecule has 1 saturated heterocycles. The van der Waals surface area contributed by atoms with Crippen LogP contribution in [0, 0.1) is 0 Å². The Morgan fingerprint density at radius 1 is 1.41 bits per heavy atom. The predicted molar refractivity (Wildman–Crippen MR) is 88.9 cm³/mol. The van der Waals surface area contributed by atoms with E-state index in [4.69, 9.17) is 0 Å². The fraction of sp³-hybridized carbons (Fsp3) is 0.733. The van der Waals surface area contributed by atoms with Gasteiger partial charge < -0.3 is 4.90 Å². The molecule has 22 heavy (non-hydrogen) atoms. The van der Waals surface area contributed by atoms with Crippen LogP contribution in [0.25, 0.3) is 0 Å². The molecule has 0 spiro atoms. The highest BCUT2D eigenvalue weighted by Gasteiger charge is 2.38. The maximum absolute atomic E-state index is 12.5. The lowest BCUT2D eigenvalue weighted by Gasteiger charge is -2.37. The third-order valence-corrected chi connectivity index (χ3v) is 7.80. The third kappa shape index (κ3) is 3.51. The maximum atomic E-state index is 12.5. The normalized spacial score (nSPS) is 25.2. The maximum Gasteiger partial charge on any atom is 0.228 e. The van der Waals surface area contributed by atoms with E-state index in [-0.39, 0.29) is 36.1 Å². The van der Waals surface area contributed by atoms with Gasteiger partial charge in [0.05, 0.1) is 28.1 Å². The summed E-state index contributed by atoms with van der Waals surface area (Å²) in [5.41, 5.74) is 0.751. The quantitative estimate of drug-likeness (QED) is 0.823. The average Bonchev–Trinajstić information content (AvgIpc) is 2.84. The van der Waals surface area contributed by atoms with Crippen LogP contribution in [-0.2, 0) is 26.5 Å². The molecule has 0 aliphatic carbocycles. The van der Waals surface area contributed by atoms with Crippen molar-refractivity contribution in [3.63, 3.8) is 0 Å². The van der Waals surface area contributed by atoms with Crippen LogP contribution in [0.1, 0.15) is 45.3 Å². The number of thiazole rings is 1. The Balaban J connectivity index is 2.08. The van der Waals surface area contributed by atoms with Gasteiger partial charge in [0.25, 0.3) is 0 Å². The molecule has 1 aromatic heterocycles. The van der Waals surface area contributed by atoms with Crippen LogP contribution < -0.4 is 0 Å². The number of carbonyl (C=O) groups excluding carboxylic acids is 1. The molecule has 1 aromatic rings. The van der Waals surface area contributed by atoms with E-state index in [9.17, 15) is 13.2 Å². The zero-order valence-corrected chi connectivity index (χ0v) is 15.4. The van der Waals surface area contributed by atoms with E-state index in [1.54, 1.807) is 30.1 Å². The predicted octanol–water partition coefficient (Wildman–Crippen LogP) is 2.02. The Morgan fingerprint density at radius 2 is 2.05 bits per heavy atom. The Bertz CT molecular complexity index is 659. The molecule has 2 rings (SSSR count). The summed E-state index contributed by atoms with van der Waals surface area (Å²) in [6.45, 7) is 10.0. The van der Waals surface area contributed by atoms with Gasteiger partial charge in [-0.15, -0.1) is 11.3 Å². The van der Waals surface area contributed by atoms with Crippen LogP contribution in [0.15, 0.2) is 5.38 Å². The molecule has 0 aromatic carbocycles. The van der Waals surface area contributed by atoms with Crippen LogP contribution in [0.4, 0.5) is 0 Å². The van der Waals surface area contributed by atoms with Crippen LogP contribution in [0.2, 0.25) is 0 Å². The number of carbonyl (C=O) groups is 1. The van der Waals surface area contributed by atoms with Gasteiger partial charge in [-0.3, -0.25) is 4.79 Å². The lowest BCUT2D eigenvalue weighted by molar-refractivity contribution is -0.132. The topological polar surface area (TPSA) is 67.3 Å². The summed E-state index contributed by atoms with van der Waals surface area (Å²) in [4.78, 5) is 18.7. The van der Waals surface area contributed by atoms with Crippen molar-refractivity contribution in [2.75, 3.05) is 12.3 Å². The van der Waals surface area contributed by atoms with Gasteiger partial charge in [-0.25, -0.2) is 13.4 Å². The summed E-state index contributed by atoms with van der Waals surface area (Å²) in [6, 6.07) is -0.285. The van der Waals surface area contributed by atoms with E-state index in [0.29, 0.717) is 0 Å². The standard InChI is InChI=1S/C15H24N2O3S2/c1-10-11(2)22(19,20)7-6-17(10)13(18)8-12-9-21-14(16-12)15(3,4)5/h9-11H,6-8H2,1-5H3/t10-,11-/m1/s1. The lowest BCUT2D eigenvalue weighted by Crippen LogP contribution is -2.54. The molecular weight excluding hydrogens is 320 g/mol. The first-order valence-corrected chi connectivity index (χ1v) is 10.1. The van der Waals surface area contributed by atoms with Crippen molar-refractivity contribution in [2.45, 2.75) is 57.7 Å². The Hall–Kier alpha value is -0.950. The molecule has 1 aliphatic heterocycles. The number of rotatable bonds is 2. The summed E-state index contributed by atoms with van der Waals surface area (Å²) in [5, 5.41) is 2.43. The number of sulfone groups is 1. The fourth-order valence-corrected chi connectivity index (χ4v) is 4.99. The SMILES string of the molecule is C[C@@H]1[C@@H](C)S(=O)(=O)CCN1C(=O)Cc1csc(C(C)(C)C)n1. The van der Waals surface area contributed by atoms with Crippen LogP contribution in [-0.4, -0.2) is 47.8 Å². The van der Waals surface area contributed by atoms with Crippen molar-refractivity contribution in [2.24, 2.45) is 0 Å². The second-order valence-electron chi connectivity index (χ2n) is 6.97. The molecule has 5 nitrogen and oxygen atoms in total. The largest absolute Gasteiger partial charge is 0.337 e. The minimum Gasteiger partial charge on any atom is -0.337 e. The van der Waals surface area contributed by atoms with Crippen LogP contribution in [0.3, 0.4) is 0 Å². The molecule has 124 valence electrons. The van der Waals surface area contributed by atoms with E-state index in [0.717, 1.165) is 10.7 Å². The Kier molecular flexibility index (Phi) is 4.69. The smallest absolute Gasteiger partial charge is 0.228 e. The van der Waals surface area contributed by atoms with Gasteiger partial charge in [0, 0.05) is 23.4 Å². The number of aromatic nitrogens is 1. The molecular formula is C15H24N2O3S2. The monoisotopic (exact) mass is 344 g/mol. The number of amides is 1. The highest BCUT2D eigenvalue weighted by molar-refractivity contribution is 7.92. The zero-order valence-electron chi connectivity index (χ0n) is 13.8. The minimum absolute atomic E-state index is 0.0209. The van der Waals surface area contributed by atoms with Gasteiger partial charge in [-0.05, 0) is 13.8 Å². The first-order chi connectivity index (χ1) is 10.0. The van der Waals surface area contributed by atoms with Crippen molar-refractivity contribution >= 4 is 27.1 Å². The van der Waals surface area contributed by atoms with Crippen molar-refractivity contribution in [3.8, 4) is 0 Å². The minimum atomic E-state index is -3.07. The van der Waals surface area contributed by atoms with Gasteiger partial charge in [-0.2, -0.15) is 0 Å². The van der Waals surface area contributed by atoms with Crippen molar-refractivity contribution in [1.82, 2.24) is 9.88 Å². The summed E-state index contributed by atoms with van der Waals surface area (Å²) < 4.78 is 23.8. The van der Waals surface area contributed by atoms with Crippen molar-refractivity contribution < 1.29 is 13.2 Å². The molecule has 0 N–H and O–H groups in total. The lowest BCUT2D eigenvalue weighted by atomic mass is 9.98. The van der Waals surface area contributed by atoms with Gasteiger partial charge in [0.2, 0.25) is 5.91 Å². The van der Waals surface area contributed by atoms with E-state index in [2.05, 4.69) is 25.8 Å². The molecule has 0 saturated carbocycles. The zero-order chi connectivity index (χ0) is 16.7. The van der Waals surface area contributed by atoms with Gasteiger partial charge >= 0.3 is 0 Å². The molecule has 2 atom stereocenters. The second kappa shape index (κ2) is 5.92. The summed E-state index contributed by atoms with van der Waals surface area (Å²) in [6.07, 6.45) is 0.240. The number of hydrogen-bond donors (Lipinski definition) is 0. The number of hydrogen-bond acceptors (Lipinski definition) is 5. The Labute approximate surface area is 136 Å². The van der Waals surface area contributed by atoms with Crippen LogP contribution >= 0.6 is 11.3 Å². The molecule has 1 aliphatic rings. The van der Waals surface area contributed by atoms with E-state index in [1.807, 2.05) is 5.38 Å². The third-order valence-electron chi connectivity index (χ3n) is 4.20. The molecule has 0 radical (unpaired) electrons. The van der Waals surface area contributed by atoms with Crippen molar-refractivity contribution in [1.29, 1.82) is 0 Å². The van der Waals surface area contributed by atoms with Crippen LogP contribution in [0.5, 0.6) is 0 Å². The fourth-order valence-electron chi connectivity index (χ4n) is 2.51. The Morgan fingerprint density at radius 3 is 2.59 bits per heavy atom. The molecule has 1 fully saturated rings. The molecule has 0 bridgehead atoms. The summed E-state index contributed by atoms with van der Waals surface area (Å²) >= 11 is 1.57. The summed E-state index contributed by atoms with van der Waals surface area (Å²) in [7, 11) is -3.07. The first kappa shape index (κ1) is 17.4. The highest BCUT2D eigenvalue weighted by Crippen LogP contribution is 2.26. The highest BCUT2D eigenvalue weighted by atomic mass is 32.2. The van der Waals surface area contributed by atoms with E-state index < -0.39 is 15.1 Å². The molecule has 2 heterocycles. The summed E-state index contributed by atoms with van der Waals surface area (Å²) in [5.74, 6) is 0.00849. The van der Waals surface area contributed by atoms with Gasteiger partial charge in [-0.1, -0.05) is 20.8 Å². The number of nitrogens with zero attached hydrogens (tertiary/aromatic N) is 2. The van der Waals surface area contributed by atoms with Crippen molar-refractivity contribution in [3.05, 3.63) is 16.1 Å². The first-order valence-electron chi connectivity index (χ1n) is 7.48. The van der Waals surface area contributed by atoms with E-state index in [1.165, 1.54) is 0 Å². The molecule has 1 amide bonds. The molecule has 0 unspecified atom stereocenters. The van der Waals surface area contributed by atoms with Gasteiger partial charge in [0.15, 0.2) is 9.84 Å². The average molecular weight is 345 g/mol. The van der Waals surface area contributed by atoms with E-state index >= 15 is 0 Å². The van der Waals surface area contributed by atoms with Gasteiger partial charge in [0.1, 0.15) is 0 Å². The molecule has 7 heteroatoms. The second-order valence-corrected chi connectivity index (χ2v) is 10.3.